The summed E-state index contributed by atoms with van der Waals surface area (Å²) in [6.45, 7) is 2.16. The summed E-state index contributed by atoms with van der Waals surface area (Å²) >= 11 is 6.30. The van der Waals surface area contributed by atoms with Crippen LogP contribution in [0.15, 0.2) is 42.5 Å². The molecule has 3 heteroatoms. The maximum absolute atomic E-state index is 9.38. The fourth-order valence-corrected chi connectivity index (χ4v) is 3.53. The second kappa shape index (κ2) is 6.02. The molecule has 0 radical (unpaired) electrons. The minimum Gasteiger partial charge on any atom is -0.481 e. The van der Waals surface area contributed by atoms with E-state index in [-0.39, 0.29) is 5.60 Å². The van der Waals surface area contributed by atoms with Gasteiger partial charge in [-0.15, -0.1) is 0 Å². The zero-order chi connectivity index (χ0) is 15.6. The van der Waals surface area contributed by atoms with Crippen LogP contribution in [0.4, 0.5) is 0 Å². The van der Waals surface area contributed by atoms with Crippen LogP contribution in [-0.2, 0) is 12.0 Å². The maximum atomic E-state index is 9.38. The fourth-order valence-electron chi connectivity index (χ4n) is 3.28. The molecule has 1 aliphatic heterocycles. The Morgan fingerprint density at radius 3 is 2.68 bits per heavy atom. The Bertz CT molecular complexity index is 720. The molecule has 0 N–H and O–H groups in total. The number of hydrogen-bond acceptors (Lipinski definition) is 2. The van der Waals surface area contributed by atoms with Gasteiger partial charge in [-0.2, -0.15) is 5.26 Å². The molecule has 0 aliphatic carbocycles. The first kappa shape index (κ1) is 14.9. The molecule has 0 saturated carbocycles. The standard InChI is InChI=1S/C19H18ClNO/c1-2-11-19(15-6-4-3-5-7-15)12-10-16-17(20)9-8-14(13-21)18(16)22-19/h3-9H,2,10-12H2,1H3. The third-order valence-corrected chi connectivity index (χ3v) is 4.71. The summed E-state index contributed by atoms with van der Waals surface area (Å²) in [6, 6.07) is 16.1. The Morgan fingerprint density at radius 1 is 1.23 bits per heavy atom. The third kappa shape index (κ3) is 2.46. The third-order valence-electron chi connectivity index (χ3n) is 4.35. The molecule has 2 aromatic rings. The van der Waals surface area contributed by atoms with Gasteiger partial charge >= 0.3 is 0 Å². The van der Waals surface area contributed by atoms with Gasteiger partial charge < -0.3 is 4.74 Å². The molecule has 0 spiro atoms. The van der Waals surface area contributed by atoms with Crippen LogP contribution >= 0.6 is 11.6 Å². The highest BCUT2D eigenvalue weighted by atomic mass is 35.5. The Morgan fingerprint density at radius 2 is 2.00 bits per heavy atom. The van der Waals surface area contributed by atoms with Crippen LogP contribution in [0.1, 0.15) is 42.9 Å². The first-order valence-electron chi connectivity index (χ1n) is 7.66. The van der Waals surface area contributed by atoms with Crippen molar-refractivity contribution in [1.29, 1.82) is 5.26 Å². The van der Waals surface area contributed by atoms with E-state index in [1.165, 1.54) is 5.56 Å². The van der Waals surface area contributed by atoms with Crippen molar-refractivity contribution >= 4 is 11.6 Å². The van der Waals surface area contributed by atoms with Crippen molar-refractivity contribution in [2.75, 3.05) is 0 Å². The predicted molar refractivity (Wildman–Crippen MR) is 88.1 cm³/mol. The van der Waals surface area contributed by atoms with Crippen molar-refractivity contribution in [3.05, 3.63) is 64.2 Å². The first-order valence-corrected chi connectivity index (χ1v) is 8.04. The van der Waals surface area contributed by atoms with Crippen LogP contribution in [0.3, 0.4) is 0 Å². The molecular weight excluding hydrogens is 294 g/mol. The summed E-state index contributed by atoms with van der Waals surface area (Å²) in [4.78, 5) is 0. The smallest absolute Gasteiger partial charge is 0.143 e. The van der Waals surface area contributed by atoms with Crippen LogP contribution in [0.2, 0.25) is 5.02 Å². The first-order chi connectivity index (χ1) is 10.7. The Hall–Kier alpha value is -1.98. The number of rotatable bonds is 3. The Balaban J connectivity index is 2.11. The molecule has 1 atom stereocenters. The second-order valence-corrected chi connectivity index (χ2v) is 6.13. The fraction of sp³-hybridized carbons (Fsp3) is 0.316. The van der Waals surface area contributed by atoms with Crippen molar-refractivity contribution in [2.45, 2.75) is 38.2 Å². The van der Waals surface area contributed by atoms with Gasteiger partial charge in [0.25, 0.3) is 0 Å². The summed E-state index contributed by atoms with van der Waals surface area (Å²) < 4.78 is 6.44. The number of nitriles is 1. The van der Waals surface area contributed by atoms with Gasteiger partial charge in [0.1, 0.15) is 17.4 Å². The number of ether oxygens (including phenoxy) is 1. The molecule has 0 saturated heterocycles. The number of nitrogens with zero attached hydrogens (tertiary/aromatic N) is 1. The SMILES string of the molecule is CCCC1(c2ccccc2)CCc2c(Cl)ccc(C#N)c2O1. The zero-order valence-electron chi connectivity index (χ0n) is 12.6. The lowest BCUT2D eigenvalue weighted by molar-refractivity contribution is 0.0327. The van der Waals surface area contributed by atoms with Gasteiger partial charge in [-0.05, 0) is 37.0 Å². The van der Waals surface area contributed by atoms with E-state index < -0.39 is 0 Å². The van der Waals surface area contributed by atoms with Crippen LogP contribution in [0, 0.1) is 11.3 Å². The second-order valence-electron chi connectivity index (χ2n) is 5.73. The van der Waals surface area contributed by atoms with E-state index in [1.54, 1.807) is 12.1 Å². The Kier molecular flexibility index (Phi) is 4.09. The molecule has 2 aromatic carbocycles. The molecule has 3 rings (SSSR count). The van der Waals surface area contributed by atoms with E-state index in [0.717, 1.165) is 31.2 Å². The van der Waals surface area contributed by atoms with Gasteiger partial charge in [-0.25, -0.2) is 0 Å². The molecule has 1 unspecified atom stereocenters. The molecule has 112 valence electrons. The van der Waals surface area contributed by atoms with Crippen LogP contribution in [0.5, 0.6) is 5.75 Å². The number of halogens is 1. The van der Waals surface area contributed by atoms with E-state index in [1.807, 2.05) is 18.2 Å². The lowest BCUT2D eigenvalue weighted by Gasteiger charge is -2.40. The van der Waals surface area contributed by atoms with Crippen molar-refractivity contribution < 1.29 is 4.74 Å². The van der Waals surface area contributed by atoms with E-state index in [0.29, 0.717) is 16.3 Å². The van der Waals surface area contributed by atoms with Crippen LogP contribution in [0.25, 0.3) is 0 Å². The number of fused-ring (bicyclic) bond motifs is 1. The van der Waals surface area contributed by atoms with Gasteiger partial charge in [-0.3, -0.25) is 0 Å². The molecule has 0 bridgehead atoms. The van der Waals surface area contributed by atoms with E-state index >= 15 is 0 Å². The highest BCUT2D eigenvalue weighted by molar-refractivity contribution is 6.31. The van der Waals surface area contributed by atoms with E-state index in [2.05, 4.69) is 25.1 Å². The van der Waals surface area contributed by atoms with Crippen molar-refractivity contribution in [1.82, 2.24) is 0 Å². The monoisotopic (exact) mass is 311 g/mol. The average Bonchev–Trinajstić information content (AvgIpc) is 2.56. The van der Waals surface area contributed by atoms with E-state index in [4.69, 9.17) is 16.3 Å². The van der Waals surface area contributed by atoms with Crippen LogP contribution in [-0.4, -0.2) is 0 Å². The summed E-state index contributed by atoms with van der Waals surface area (Å²) in [7, 11) is 0. The summed E-state index contributed by atoms with van der Waals surface area (Å²) in [6.07, 6.45) is 3.66. The van der Waals surface area contributed by atoms with E-state index in [9.17, 15) is 5.26 Å². The summed E-state index contributed by atoms with van der Waals surface area (Å²) in [5, 5.41) is 10.1. The number of benzene rings is 2. The average molecular weight is 312 g/mol. The van der Waals surface area contributed by atoms with Crippen molar-refractivity contribution in [3.8, 4) is 11.8 Å². The Labute approximate surface area is 136 Å². The molecule has 0 aromatic heterocycles. The predicted octanol–water partition coefficient (Wildman–Crippen LogP) is 5.23. The highest BCUT2D eigenvalue weighted by Crippen LogP contribution is 2.45. The lowest BCUT2D eigenvalue weighted by Crippen LogP contribution is -2.37. The zero-order valence-corrected chi connectivity index (χ0v) is 13.4. The molecule has 1 aliphatic rings. The van der Waals surface area contributed by atoms with Crippen molar-refractivity contribution in [2.24, 2.45) is 0 Å². The summed E-state index contributed by atoms with van der Waals surface area (Å²) in [5.74, 6) is 0.665. The molecule has 1 heterocycles. The molecule has 0 amide bonds. The molecule has 2 nitrogen and oxygen atoms in total. The minimum absolute atomic E-state index is 0.362. The normalized spacial score (nSPS) is 19.9. The molecule has 0 fully saturated rings. The quantitative estimate of drug-likeness (QED) is 0.777. The van der Waals surface area contributed by atoms with Gasteiger partial charge in [0, 0.05) is 10.6 Å². The largest absolute Gasteiger partial charge is 0.481 e. The van der Waals surface area contributed by atoms with Gasteiger partial charge in [-0.1, -0.05) is 55.3 Å². The molecular formula is C19H18ClNO. The summed E-state index contributed by atoms with van der Waals surface area (Å²) in [5.41, 5.74) is 2.34. The maximum Gasteiger partial charge on any atom is 0.143 e. The number of hydrogen-bond donors (Lipinski definition) is 0. The highest BCUT2D eigenvalue weighted by Gasteiger charge is 2.38. The topological polar surface area (TPSA) is 33.0 Å². The molecule has 22 heavy (non-hydrogen) atoms. The van der Waals surface area contributed by atoms with Gasteiger partial charge in [0.2, 0.25) is 0 Å². The minimum atomic E-state index is -0.362. The van der Waals surface area contributed by atoms with Crippen LogP contribution < -0.4 is 4.74 Å². The van der Waals surface area contributed by atoms with Gasteiger partial charge in [0.05, 0.1) is 5.56 Å². The van der Waals surface area contributed by atoms with Gasteiger partial charge in [0.15, 0.2) is 0 Å². The lowest BCUT2D eigenvalue weighted by atomic mass is 9.81. The van der Waals surface area contributed by atoms with Crippen molar-refractivity contribution in [3.63, 3.8) is 0 Å².